The molecule has 2 aromatic rings. The highest BCUT2D eigenvalue weighted by atomic mass is 16.3. The van der Waals surface area contributed by atoms with E-state index in [9.17, 15) is 0 Å². The normalized spacial score (nSPS) is 15.8. The maximum Gasteiger partial charge on any atom is 0.143 e. The summed E-state index contributed by atoms with van der Waals surface area (Å²) in [6.45, 7) is 4.43. The largest absolute Gasteiger partial charge is 0.472 e. The molecule has 1 aliphatic rings. The van der Waals surface area contributed by atoms with Crippen molar-refractivity contribution in [1.29, 1.82) is 5.41 Å². The van der Waals surface area contributed by atoms with E-state index in [1.165, 1.54) is 6.21 Å². The molecule has 0 saturated carbocycles. The average molecular weight is 300 g/mol. The second kappa shape index (κ2) is 6.57. The Morgan fingerprint density at radius 1 is 1.32 bits per heavy atom. The molecule has 0 bridgehead atoms. The Labute approximate surface area is 129 Å². The van der Waals surface area contributed by atoms with Crippen molar-refractivity contribution < 1.29 is 4.42 Å². The minimum absolute atomic E-state index is 0.608. The van der Waals surface area contributed by atoms with Crippen LogP contribution in [0.1, 0.15) is 11.1 Å². The number of hydrogen-bond donors (Lipinski definition) is 2. The smallest absolute Gasteiger partial charge is 0.143 e. The molecule has 0 amide bonds. The summed E-state index contributed by atoms with van der Waals surface area (Å²) in [5.74, 6) is 1.51. The molecular weight excluding hydrogens is 280 g/mol. The van der Waals surface area contributed by atoms with Crippen LogP contribution >= 0.6 is 0 Å². The fraction of sp³-hybridized carbons (Fsp3) is 0.400. The van der Waals surface area contributed by atoms with Crippen LogP contribution in [0.4, 0.5) is 11.6 Å². The number of piperazine rings is 1. The van der Waals surface area contributed by atoms with Crippen LogP contribution in [-0.2, 0) is 6.54 Å². The van der Waals surface area contributed by atoms with Gasteiger partial charge in [0.1, 0.15) is 18.0 Å². The molecule has 116 valence electrons. The standard InChI is InChI=1S/C15H20N6O/c1-20-3-5-21(6-4-20)15-13(8-16)14(18-11-19-15)17-9-12-2-7-22-10-12/h2,7-8,10-11,16H,3-6,9H2,1H3,(H,17,18,19). The van der Waals surface area contributed by atoms with E-state index in [0.29, 0.717) is 12.4 Å². The fourth-order valence-electron chi connectivity index (χ4n) is 2.51. The van der Waals surface area contributed by atoms with E-state index in [4.69, 9.17) is 9.83 Å². The number of nitrogens with one attached hydrogen (secondary N) is 2. The molecule has 0 unspecified atom stereocenters. The number of likely N-dealkylation sites (N-methyl/N-ethyl adjacent to an activating group) is 1. The zero-order valence-corrected chi connectivity index (χ0v) is 12.6. The lowest BCUT2D eigenvalue weighted by atomic mass is 10.2. The Kier molecular flexibility index (Phi) is 4.34. The van der Waals surface area contributed by atoms with Crippen LogP contribution in [0, 0.1) is 5.41 Å². The van der Waals surface area contributed by atoms with Gasteiger partial charge >= 0.3 is 0 Å². The van der Waals surface area contributed by atoms with Crippen molar-refractivity contribution in [2.45, 2.75) is 6.54 Å². The van der Waals surface area contributed by atoms with Gasteiger partial charge in [0.25, 0.3) is 0 Å². The lowest BCUT2D eigenvalue weighted by Crippen LogP contribution is -2.45. The molecule has 2 N–H and O–H groups in total. The molecule has 2 aromatic heterocycles. The predicted molar refractivity (Wildman–Crippen MR) is 85.7 cm³/mol. The Morgan fingerprint density at radius 2 is 2.14 bits per heavy atom. The number of rotatable bonds is 5. The van der Waals surface area contributed by atoms with Crippen LogP contribution in [-0.4, -0.2) is 54.3 Å². The quantitative estimate of drug-likeness (QED) is 0.813. The molecule has 7 heteroatoms. The van der Waals surface area contributed by atoms with Crippen LogP contribution in [0.3, 0.4) is 0 Å². The van der Waals surface area contributed by atoms with E-state index < -0.39 is 0 Å². The molecule has 0 aromatic carbocycles. The minimum Gasteiger partial charge on any atom is -0.472 e. The van der Waals surface area contributed by atoms with Crippen LogP contribution in [0.25, 0.3) is 0 Å². The first kappa shape index (κ1) is 14.5. The van der Waals surface area contributed by atoms with Crippen molar-refractivity contribution in [3.05, 3.63) is 36.0 Å². The number of hydrogen-bond acceptors (Lipinski definition) is 7. The Morgan fingerprint density at radius 3 is 2.82 bits per heavy atom. The van der Waals surface area contributed by atoms with E-state index >= 15 is 0 Å². The van der Waals surface area contributed by atoms with Gasteiger partial charge in [-0.3, -0.25) is 0 Å². The third-order valence-corrected chi connectivity index (χ3v) is 3.85. The lowest BCUT2D eigenvalue weighted by molar-refractivity contribution is 0.312. The summed E-state index contributed by atoms with van der Waals surface area (Å²) in [4.78, 5) is 13.2. The van der Waals surface area contributed by atoms with Crippen molar-refractivity contribution in [2.24, 2.45) is 0 Å². The van der Waals surface area contributed by atoms with E-state index in [0.717, 1.165) is 43.1 Å². The molecule has 0 spiro atoms. The van der Waals surface area contributed by atoms with Crippen LogP contribution in [0.2, 0.25) is 0 Å². The molecule has 0 radical (unpaired) electrons. The Bertz CT molecular complexity index is 619. The van der Waals surface area contributed by atoms with E-state index in [1.807, 2.05) is 6.07 Å². The summed E-state index contributed by atoms with van der Waals surface area (Å²) >= 11 is 0. The van der Waals surface area contributed by atoms with Gasteiger partial charge in [0, 0.05) is 44.5 Å². The lowest BCUT2D eigenvalue weighted by Gasteiger charge is -2.34. The monoisotopic (exact) mass is 300 g/mol. The maximum atomic E-state index is 7.74. The Balaban J connectivity index is 1.79. The zero-order valence-electron chi connectivity index (χ0n) is 12.6. The maximum absolute atomic E-state index is 7.74. The van der Waals surface area contributed by atoms with Gasteiger partial charge in [0.2, 0.25) is 0 Å². The molecule has 7 nitrogen and oxygen atoms in total. The number of aromatic nitrogens is 2. The fourth-order valence-corrected chi connectivity index (χ4v) is 2.51. The van der Waals surface area contributed by atoms with Crippen LogP contribution < -0.4 is 10.2 Å². The number of furan rings is 1. The van der Waals surface area contributed by atoms with Gasteiger partial charge in [0.05, 0.1) is 18.1 Å². The molecule has 0 aliphatic carbocycles. The second-order valence-electron chi connectivity index (χ2n) is 5.38. The van der Waals surface area contributed by atoms with E-state index in [2.05, 4.69) is 32.1 Å². The molecule has 1 aliphatic heterocycles. The summed E-state index contributed by atoms with van der Waals surface area (Å²) in [6, 6.07) is 1.90. The molecular formula is C15H20N6O. The summed E-state index contributed by atoms with van der Waals surface area (Å²) < 4.78 is 5.06. The molecule has 0 atom stereocenters. The SMILES string of the molecule is CN1CCN(c2ncnc(NCc3ccoc3)c2C=N)CC1. The van der Waals surface area contributed by atoms with Crippen molar-refractivity contribution in [3.63, 3.8) is 0 Å². The highest BCUT2D eigenvalue weighted by Crippen LogP contribution is 2.23. The first-order chi connectivity index (χ1) is 10.8. The predicted octanol–water partition coefficient (Wildman–Crippen LogP) is 1.43. The van der Waals surface area contributed by atoms with Crippen molar-refractivity contribution >= 4 is 17.9 Å². The van der Waals surface area contributed by atoms with Gasteiger partial charge in [-0.1, -0.05) is 0 Å². The number of anilines is 2. The van der Waals surface area contributed by atoms with Crippen LogP contribution in [0.15, 0.2) is 29.3 Å². The van der Waals surface area contributed by atoms with Gasteiger partial charge in [-0.15, -0.1) is 0 Å². The van der Waals surface area contributed by atoms with Gasteiger partial charge in [-0.25, -0.2) is 9.97 Å². The molecule has 3 rings (SSSR count). The van der Waals surface area contributed by atoms with Crippen molar-refractivity contribution in [2.75, 3.05) is 43.4 Å². The molecule has 3 heterocycles. The summed E-state index contributed by atoms with van der Waals surface area (Å²) in [6.07, 6.45) is 6.22. The average Bonchev–Trinajstić information content (AvgIpc) is 3.06. The van der Waals surface area contributed by atoms with E-state index in [-0.39, 0.29) is 0 Å². The van der Waals surface area contributed by atoms with Gasteiger partial charge in [-0.05, 0) is 13.1 Å². The molecule has 1 saturated heterocycles. The first-order valence-corrected chi connectivity index (χ1v) is 7.32. The third kappa shape index (κ3) is 3.09. The summed E-state index contributed by atoms with van der Waals surface area (Å²) in [7, 11) is 2.12. The molecule has 1 fully saturated rings. The van der Waals surface area contributed by atoms with Gasteiger partial charge in [0.15, 0.2) is 0 Å². The zero-order chi connectivity index (χ0) is 15.4. The first-order valence-electron chi connectivity index (χ1n) is 7.32. The highest BCUT2D eigenvalue weighted by molar-refractivity contribution is 5.91. The second-order valence-corrected chi connectivity index (χ2v) is 5.38. The van der Waals surface area contributed by atoms with Gasteiger partial charge in [-0.2, -0.15) is 0 Å². The minimum atomic E-state index is 0.608. The van der Waals surface area contributed by atoms with Gasteiger partial charge < -0.3 is 24.9 Å². The molecule has 22 heavy (non-hydrogen) atoms. The third-order valence-electron chi connectivity index (χ3n) is 3.85. The van der Waals surface area contributed by atoms with Crippen LogP contribution in [0.5, 0.6) is 0 Å². The number of nitrogens with zero attached hydrogens (tertiary/aromatic N) is 4. The summed E-state index contributed by atoms with van der Waals surface area (Å²) in [5, 5.41) is 11.0. The van der Waals surface area contributed by atoms with Crippen molar-refractivity contribution in [3.8, 4) is 0 Å². The Hall–Kier alpha value is -2.41. The topological polar surface area (TPSA) is 81.3 Å². The van der Waals surface area contributed by atoms with E-state index in [1.54, 1.807) is 18.9 Å². The highest BCUT2D eigenvalue weighted by Gasteiger charge is 2.19. The van der Waals surface area contributed by atoms with Crippen molar-refractivity contribution in [1.82, 2.24) is 14.9 Å². The summed E-state index contributed by atoms with van der Waals surface area (Å²) in [5.41, 5.74) is 1.77.